The molecule has 132 valence electrons. The fraction of sp³-hybridized carbons (Fsp3) is 0. The van der Waals surface area contributed by atoms with E-state index in [1.807, 2.05) is 0 Å². The number of amides is 4. The SMILES string of the molecule is O=C(NC(=O)c1ccccc1[N+](=O)[O-])NC(=O)c1ccccc1[N+](=O)[O-]. The molecule has 11 nitrogen and oxygen atoms in total. The van der Waals surface area contributed by atoms with Crippen molar-refractivity contribution in [3.8, 4) is 0 Å². The van der Waals surface area contributed by atoms with Crippen molar-refractivity contribution in [1.29, 1.82) is 0 Å². The van der Waals surface area contributed by atoms with Crippen LogP contribution in [0.5, 0.6) is 0 Å². The van der Waals surface area contributed by atoms with Crippen LogP contribution in [0.3, 0.4) is 0 Å². The molecule has 0 aliphatic heterocycles. The average Bonchev–Trinajstić information content (AvgIpc) is 2.61. The number of nitro groups is 2. The number of nitrogens with zero attached hydrogens (tertiary/aromatic N) is 2. The second kappa shape index (κ2) is 7.61. The summed E-state index contributed by atoms with van der Waals surface area (Å²) in [5, 5.41) is 25.3. The van der Waals surface area contributed by atoms with E-state index < -0.39 is 39.1 Å². The number of para-hydroxylation sites is 2. The molecule has 2 rings (SSSR count). The van der Waals surface area contributed by atoms with Gasteiger partial charge in [0.1, 0.15) is 11.1 Å². The van der Waals surface area contributed by atoms with Gasteiger partial charge in [0.2, 0.25) is 0 Å². The van der Waals surface area contributed by atoms with Crippen molar-refractivity contribution in [3.05, 3.63) is 79.9 Å². The van der Waals surface area contributed by atoms with Gasteiger partial charge in [-0.25, -0.2) is 4.79 Å². The third-order valence-electron chi connectivity index (χ3n) is 3.14. The topological polar surface area (TPSA) is 162 Å². The molecule has 11 heteroatoms. The van der Waals surface area contributed by atoms with Crippen LogP contribution in [0, 0.1) is 20.2 Å². The molecule has 0 radical (unpaired) electrons. The highest BCUT2D eigenvalue weighted by Crippen LogP contribution is 2.18. The normalized spacial score (nSPS) is 9.85. The molecule has 0 aliphatic rings. The average molecular weight is 358 g/mol. The maximum atomic E-state index is 12.0. The van der Waals surface area contributed by atoms with E-state index in [-0.39, 0.29) is 11.1 Å². The lowest BCUT2D eigenvalue weighted by molar-refractivity contribution is -0.385. The Labute approximate surface area is 144 Å². The monoisotopic (exact) mass is 358 g/mol. The van der Waals surface area contributed by atoms with Gasteiger partial charge in [-0.2, -0.15) is 0 Å². The zero-order valence-electron chi connectivity index (χ0n) is 12.9. The summed E-state index contributed by atoms with van der Waals surface area (Å²) < 4.78 is 0. The number of rotatable bonds is 4. The summed E-state index contributed by atoms with van der Waals surface area (Å²) in [6.07, 6.45) is 0. The van der Waals surface area contributed by atoms with E-state index in [9.17, 15) is 34.6 Å². The molecular formula is C15H10N4O7. The Morgan fingerprint density at radius 2 is 1.04 bits per heavy atom. The lowest BCUT2D eigenvalue weighted by Gasteiger charge is -2.06. The smallest absolute Gasteiger partial charge is 0.273 e. The van der Waals surface area contributed by atoms with E-state index in [4.69, 9.17) is 0 Å². The van der Waals surface area contributed by atoms with Crippen molar-refractivity contribution in [1.82, 2.24) is 10.6 Å². The van der Waals surface area contributed by atoms with E-state index in [1.165, 1.54) is 24.3 Å². The van der Waals surface area contributed by atoms with Crippen LogP contribution in [0.4, 0.5) is 16.2 Å². The summed E-state index contributed by atoms with van der Waals surface area (Å²) in [4.78, 5) is 55.9. The zero-order chi connectivity index (χ0) is 19.3. The minimum absolute atomic E-state index is 0.384. The third-order valence-corrected chi connectivity index (χ3v) is 3.14. The zero-order valence-corrected chi connectivity index (χ0v) is 12.9. The molecule has 0 heterocycles. The summed E-state index contributed by atoms with van der Waals surface area (Å²) in [7, 11) is 0. The first-order valence-electron chi connectivity index (χ1n) is 6.94. The number of carbonyl (C=O) groups is 3. The van der Waals surface area contributed by atoms with E-state index in [0.29, 0.717) is 0 Å². The molecule has 4 amide bonds. The first-order chi connectivity index (χ1) is 12.3. The predicted octanol–water partition coefficient (Wildman–Crippen LogP) is 1.78. The van der Waals surface area contributed by atoms with Crippen LogP contribution in [0.15, 0.2) is 48.5 Å². The number of imide groups is 2. The van der Waals surface area contributed by atoms with E-state index in [0.717, 1.165) is 24.3 Å². The molecule has 0 saturated heterocycles. The van der Waals surface area contributed by atoms with Crippen molar-refractivity contribution in [2.45, 2.75) is 0 Å². The van der Waals surface area contributed by atoms with Gasteiger partial charge in [0.15, 0.2) is 0 Å². The van der Waals surface area contributed by atoms with Crippen LogP contribution in [0.2, 0.25) is 0 Å². The summed E-state index contributed by atoms with van der Waals surface area (Å²) >= 11 is 0. The Kier molecular flexibility index (Phi) is 5.33. The third kappa shape index (κ3) is 4.03. The summed E-state index contributed by atoms with van der Waals surface area (Å²) in [6, 6.07) is 8.53. The Morgan fingerprint density at radius 3 is 1.38 bits per heavy atom. The van der Waals surface area contributed by atoms with Crippen LogP contribution in [-0.2, 0) is 0 Å². The van der Waals surface area contributed by atoms with E-state index in [1.54, 1.807) is 10.6 Å². The van der Waals surface area contributed by atoms with Crippen LogP contribution >= 0.6 is 0 Å². The molecule has 2 N–H and O–H groups in total. The number of hydrogen-bond acceptors (Lipinski definition) is 7. The maximum Gasteiger partial charge on any atom is 0.328 e. The van der Waals surface area contributed by atoms with E-state index >= 15 is 0 Å². The maximum absolute atomic E-state index is 12.0. The Balaban J connectivity index is 2.12. The number of benzene rings is 2. The minimum Gasteiger partial charge on any atom is -0.273 e. The Morgan fingerprint density at radius 1 is 0.692 bits per heavy atom. The van der Waals surface area contributed by atoms with Crippen LogP contribution in [0.25, 0.3) is 0 Å². The van der Waals surface area contributed by atoms with Crippen molar-refractivity contribution in [2.24, 2.45) is 0 Å². The largest absolute Gasteiger partial charge is 0.328 e. The molecule has 2 aromatic rings. The molecule has 2 aromatic carbocycles. The van der Waals surface area contributed by atoms with Gasteiger partial charge in [0.25, 0.3) is 23.2 Å². The van der Waals surface area contributed by atoms with Crippen molar-refractivity contribution in [2.75, 3.05) is 0 Å². The lowest BCUT2D eigenvalue weighted by atomic mass is 10.1. The molecule has 0 saturated carbocycles. The highest BCUT2D eigenvalue weighted by atomic mass is 16.6. The van der Waals surface area contributed by atoms with Crippen molar-refractivity contribution in [3.63, 3.8) is 0 Å². The van der Waals surface area contributed by atoms with Gasteiger partial charge < -0.3 is 0 Å². The minimum atomic E-state index is -1.28. The van der Waals surface area contributed by atoms with Crippen molar-refractivity contribution < 1.29 is 24.2 Å². The highest BCUT2D eigenvalue weighted by molar-refractivity contribution is 6.13. The van der Waals surface area contributed by atoms with Crippen molar-refractivity contribution >= 4 is 29.2 Å². The summed E-state index contributed by atoms with van der Waals surface area (Å²) in [5.74, 6) is -2.21. The summed E-state index contributed by atoms with van der Waals surface area (Å²) in [5.41, 5.74) is -1.82. The van der Waals surface area contributed by atoms with Gasteiger partial charge in [-0.05, 0) is 12.1 Å². The van der Waals surface area contributed by atoms with Gasteiger partial charge in [-0.1, -0.05) is 24.3 Å². The fourth-order valence-corrected chi connectivity index (χ4v) is 2.02. The van der Waals surface area contributed by atoms with Gasteiger partial charge in [-0.3, -0.25) is 40.5 Å². The number of carbonyl (C=O) groups excluding carboxylic acids is 3. The van der Waals surface area contributed by atoms with Crippen LogP contribution < -0.4 is 10.6 Å². The standard InChI is InChI=1S/C15H10N4O7/c20-13(9-5-1-3-7-11(9)18(23)24)16-15(22)17-14(21)10-6-2-4-8-12(10)19(25)26/h1-8H,(H2,16,17,20,21,22). The lowest BCUT2D eigenvalue weighted by Crippen LogP contribution is -2.42. The quantitative estimate of drug-likeness (QED) is 0.621. The molecule has 0 atom stereocenters. The first-order valence-corrected chi connectivity index (χ1v) is 6.94. The molecule has 0 aromatic heterocycles. The summed E-state index contributed by atoms with van der Waals surface area (Å²) in [6.45, 7) is 0. The Hall–Kier alpha value is -4.15. The second-order valence-corrected chi connectivity index (χ2v) is 4.79. The van der Waals surface area contributed by atoms with Crippen LogP contribution in [-0.4, -0.2) is 27.7 Å². The number of nitrogens with one attached hydrogen (secondary N) is 2. The fourth-order valence-electron chi connectivity index (χ4n) is 2.02. The predicted molar refractivity (Wildman–Crippen MR) is 86.5 cm³/mol. The Bertz CT molecular complexity index is 852. The van der Waals surface area contributed by atoms with Crippen LogP contribution in [0.1, 0.15) is 20.7 Å². The number of hydrogen-bond donors (Lipinski definition) is 2. The molecular weight excluding hydrogens is 348 g/mol. The van der Waals surface area contributed by atoms with E-state index in [2.05, 4.69) is 0 Å². The molecule has 0 fully saturated rings. The number of urea groups is 1. The van der Waals surface area contributed by atoms with Gasteiger partial charge in [0, 0.05) is 12.1 Å². The van der Waals surface area contributed by atoms with Gasteiger partial charge in [-0.15, -0.1) is 0 Å². The first kappa shape index (κ1) is 18.2. The second-order valence-electron chi connectivity index (χ2n) is 4.79. The molecule has 0 bridgehead atoms. The molecule has 0 aliphatic carbocycles. The molecule has 0 unspecified atom stereocenters. The van der Waals surface area contributed by atoms with Gasteiger partial charge >= 0.3 is 6.03 Å². The molecule has 0 spiro atoms. The number of nitro benzene ring substituents is 2. The van der Waals surface area contributed by atoms with Gasteiger partial charge in [0.05, 0.1) is 9.85 Å². The highest BCUT2D eigenvalue weighted by Gasteiger charge is 2.24. The molecule has 26 heavy (non-hydrogen) atoms.